The lowest BCUT2D eigenvalue weighted by atomic mass is 9.92. The van der Waals surface area contributed by atoms with Crippen molar-refractivity contribution in [3.05, 3.63) is 59.4 Å². The summed E-state index contributed by atoms with van der Waals surface area (Å²) >= 11 is 0. The summed E-state index contributed by atoms with van der Waals surface area (Å²) in [6.45, 7) is 3.20. The molecule has 1 aliphatic rings. The van der Waals surface area contributed by atoms with Crippen LogP contribution in [-0.4, -0.2) is 37.1 Å². The Kier molecular flexibility index (Phi) is 5.43. The Morgan fingerprint density at radius 3 is 2.57 bits per heavy atom. The van der Waals surface area contributed by atoms with E-state index in [1.165, 1.54) is 0 Å². The number of para-hydroxylation sites is 1. The number of aryl methyl sites for hydroxylation is 1. The third-order valence-electron chi connectivity index (χ3n) is 5.86. The van der Waals surface area contributed by atoms with Crippen LogP contribution in [0.4, 0.5) is 0 Å². The van der Waals surface area contributed by atoms with Crippen LogP contribution >= 0.6 is 0 Å². The highest BCUT2D eigenvalue weighted by Gasteiger charge is 2.31. The summed E-state index contributed by atoms with van der Waals surface area (Å²) in [5.74, 6) is 2.16. The van der Waals surface area contributed by atoms with Gasteiger partial charge in [0.2, 0.25) is 0 Å². The van der Waals surface area contributed by atoms with E-state index < -0.39 is 5.54 Å². The molecule has 1 unspecified atom stereocenters. The normalized spacial score (nSPS) is 15.3. The highest BCUT2D eigenvalue weighted by Crippen LogP contribution is 2.35. The Balaban J connectivity index is 1.36. The van der Waals surface area contributed by atoms with Gasteiger partial charge in [0.1, 0.15) is 11.3 Å². The fraction of sp³-hybridized carbons (Fsp3) is 0.375. The number of carbonyl (C=O) groups is 1. The van der Waals surface area contributed by atoms with Crippen LogP contribution in [-0.2, 0) is 13.0 Å². The predicted molar refractivity (Wildman–Crippen MR) is 116 cm³/mol. The zero-order chi connectivity index (χ0) is 21.3. The number of hydrogen-bond donors (Lipinski definition) is 1. The molecule has 158 valence electrons. The average molecular weight is 408 g/mol. The van der Waals surface area contributed by atoms with Gasteiger partial charge in [0.05, 0.1) is 14.2 Å². The number of nitrogens with two attached hydrogens (primary N) is 1. The molecule has 2 aromatic carbocycles. The first-order valence-electron chi connectivity index (χ1n) is 10.2. The van der Waals surface area contributed by atoms with Crippen LogP contribution in [0.15, 0.2) is 46.9 Å². The fourth-order valence-corrected chi connectivity index (χ4v) is 3.96. The Bertz CT molecular complexity index is 1040. The van der Waals surface area contributed by atoms with Gasteiger partial charge in [-0.1, -0.05) is 18.2 Å². The molecule has 0 bridgehead atoms. The van der Waals surface area contributed by atoms with E-state index in [2.05, 4.69) is 6.07 Å². The third-order valence-corrected chi connectivity index (χ3v) is 5.86. The molecule has 0 saturated heterocycles. The maximum Gasteiger partial charge on any atom is 0.254 e. The third kappa shape index (κ3) is 4.00. The molecule has 2 heterocycles. The summed E-state index contributed by atoms with van der Waals surface area (Å²) in [5, 5.41) is 1.11. The van der Waals surface area contributed by atoms with Crippen LogP contribution in [0.1, 0.15) is 41.4 Å². The minimum absolute atomic E-state index is 0.0130. The zero-order valence-corrected chi connectivity index (χ0v) is 17.7. The molecule has 3 aromatic rings. The standard InChI is InChI=1S/C24H28N2O4/c1-24(25,9-8-18-12-16-6-4-5-7-20(16)30-18)10-11-26-15-17-13-21(28-2)22(29-3)14-19(17)23(26)27/h4-7,12-14H,8-11,15,25H2,1-3H3. The number of furan rings is 1. The minimum Gasteiger partial charge on any atom is -0.493 e. The Morgan fingerprint density at radius 2 is 1.83 bits per heavy atom. The molecule has 1 atom stereocenters. The molecule has 0 radical (unpaired) electrons. The molecule has 1 amide bonds. The first-order chi connectivity index (χ1) is 14.4. The molecular weight excluding hydrogens is 380 g/mol. The van der Waals surface area contributed by atoms with Crippen molar-refractivity contribution in [3.8, 4) is 11.5 Å². The van der Waals surface area contributed by atoms with E-state index >= 15 is 0 Å². The Labute approximate surface area is 176 Å². The molecule has 30 heavy (non-hydrogen) atoms. The monoisotopic (exact) mass is 408 g/mol. The van der Waals surface area contributed by atoms with Crippen LogP contribution in [0.3, 0.4) is 0 Å². The number of methoxy groups -OCH3 is 2. The Morgan fingerprint density at radius 1 is 1.10 bits per heavy atom. The number of hydrogen-bond acceptors (Lipinski definition) is 5. The van der Waals surface area contributed by atoms with E-state index in [4.69, 9.17) is 19.6 Å². The molecular formula is C24H28N2O4. The van der Waals surface area contributed by atoms with E-state index in [1.54, 1.807) is 20.3 Å². The quantitative estimate of drug-likeness (QED) is 0.606. The SMILES string of the molecule is COc1cc2c(cc1OC)C(=O)N(CCC(C)(N)CCc1cc3ccccc3o1)C2. The number of ether oxygens (including phenoxy) is 2. The molecule has 0 saturated carbocycles. The Hall–Kier alpha value is -2.99. The minimum atomic E-state index is -0.399. The van der Waals surface area contributed by atoms with Crippen molar-refractivity contribution in [2.45, 2.75) is 38.3 Å². The van der Waals surface area contributed by atoms with Crippen molar-refractivity contribution in [3.63, 3.8) is 0 Å². The second-order valence-corrected chi connectivity index (χ2v) is 8.25. The van der Waals surface area contributed by atoms with Gasteiger partial charge < -0.3 is 24.5 Å². The van der Waals surface area contributed by atoms with Gasteiger partial charge in [-0.2, -0.15) is 0 Å². The second kappa shape index (κ2) is 8.03. The maximum absolute atomic E-state index is 12.8. The molecule has 0 fully saturated rings. The highest BCUT2D eigenvalue weighted by molar-refractivity contribution is 5.99. The van der Waals surface area contributed by atoms with E-state index in [1.807, 2.05) is 42.2 Å². The van der Waals surface area contributed by atoms with Crippen LogP contribution < -0.4 is 15.2 Å². The molecule has 0 aliphatic carbocycles. The van der Waals surface area contributed by atoms with E-state index in [0.29, 0.717) is 36.6 Å². The molecule has 1 aromatic heterocycles. The molecule has 1 aliphatic heterocycles. The smallest absolute Gasteiger partial charge is 0.254 e. The van der Waals surface area contributed by atoms with E-state index in [9.17, 15) is 4.79 Å². The van der Waals surface area contributed by atoms with Crippen LogP contribution in [0.5, 0.6) is 11.5 Å². The number of nitrogens with zero attached hydrogens (tertiary/aromatic N) is 1. The molecule has 6 heteroatoms. The van der Waals surface area contributed by atoms with Crippen molar-refractivity contribution in [1.29, 1.82) is 0 Å². The van der Waals surface area contributed by atoms with Gasteiger partial charge in [-0.05, 0) is 49.6 Å². The van der Waals surface area contributed by atoms with Gasteiger partial charge in [-0.3, -0.25) is 4.79 Å². The lowest BCUT2D eigenvalue weighted by molar-refractivity contribution is 0.0766. The van der Waals surface area contributed by atoms with Crippen molar-refractivity contribution in [2.24, 2.45) is 5.73 Å². The zero-order valence-electron chi connectivity index (χ0n) is 17.7. The van der Waals surface area contributed by atoms with Gasteiger partial charge in [0.15, 0.2) is 11.5 Å². The highest BCUT2D eigenvalue weighted by atomic mass is 16.5. The summed E-state index contributed by atoms with van der Waals surface area (Å²) < 4.78 is 16.6. The second-order valence-electron chi connectivity index (χ2n) is 8.25. The summed E-state index contributed by atoms with van der Waals surface area (Å²) in [7, 11) is 3.17. The average Bonchev–Trinajstić information content (AvgIpc) is 3.30. The number of amides is 1. The number of rotatable bonds is 8. The lowest BCUT2D eigenvalue weighted by Crippen LogP contribution is -2.40. The van der Waals surface area contributed by atoms with Gasteiger partial charge in [0.25, 0.3) is 5.91 Å². The predicted octanol–water partition coefficient (Wildman–Crippen LogP) is 4.15. The lowest BCUT2D eigenvalue weighted by Gasteiger charge is -2.27. The van der Waals surface area contributed by atoms with Gasteiger partial charge >= 0.3 is 0 Å². The van der Waals surface area contributed by atoms with Crippen LogP contribution in [0, 0.1) is 0 Å². The first-order valence-corrected chi connectivity index (χ1v) is 10.2. The number of carbonyl (C=O) groups excluding carboxylic acids is 1. The van der Waals surface area contributed by atoms with E-state index in [0.717, 1.165) is 35.1 Å². The molecule has 2 N–H and O–H groups in total. The van der Waals surface area contributed by atoms with Crippen molar-refractivity contribution >= 4 is 16.9 Å². The largest absolute Gasteiger partial charge is 0.493 e. The van der Waals surface area contributed by atoms with Crippen molar-refractivity contribution < 1.29 is 18.7 Å². The summed E-state index contributed by atoms with van der Waals surface area (Å²) in [6, 6.07) is 13.7. The fourth-order valence-electron chi connectivity index (χ4n) is 3.96. The van der Waals surface area contributed by atoms with Gasteiger partial charge in [-0.25, -0.2) is 0 Å². The summed E-state index contributed by atoms with van der Waals surface area (Å²) in [5.41, 5.74) is 8.69. The summed E-state index contributed by atoms with van der Waals surface area (Å²) in [6.07, 6.45) is 2.26. The molecule has 6 nitrogen and oxygen atoms in total. The van der Waals surface area contributed by atoms with Gasteiger partial charge in [0, 0.05) is 36.0 Å². The van der Waals surface area contributed by atoms with E-state index in [-0.39, 0.29) is 5.91 Å². The van der Waals surface area contributed by atoms with Crippen molar-refractivity contribution in [1.82, 2.24) is 4.90 Å². The molecule has 0 spiro atoms. The first kappa shape index (κ1) is 20.3. The maximum atomic E-state index is 12.8. The number of fused-ring (bicyclic) bond motifs is 2. The summed E-state index contributed by atoms with van der Waals surface area (Å²) in [4.78, 5) is 14.7. The topological polar surface area (TPSA) is 77.9 Å². The van der Waals surface area contributed by atoms with Gasteiger partial charge in [-0.15, -0.1) is 0 Å². The van der Waals surface area contributed by atoms with Crippen LogP contribution in [0.2, 0.25) is 0 Å². The number of benzene rings is 2. The van der Waals surface area contributed by atoms with Crippen molar-refractivity contribution in [2.75, 3.05) is 20.8 Å². The molecule has 4 rings (SSSR count). The van der Waals surface area contributed by atoms with Crippen LogP contribution in [0.25, 0.3) is 11.0 Å².